The molecule has 0 radical (unpaired) electrons. The lowest BCUT2D eigenvalue weighted by Crippen LogP contribution is -2.41. The number of hydrogen-bond acceptors (Lipinski definition) is 5. The third kappa shape index (κ3) is 3.93. The number of ether oxygens (including phenoxy) is 2. The van der Waals surface area contributed by atoms with Crippen molar-refractivity contribution in [2.75, 3.05) is 13.2 Å². The highest BCUT2D eigenvalue weighted by Gasteiger charge is 2.52. The second-order valence-electron chi connectivity index (χ2n) is 6.88. The second-order valence-corrected chi connectivity index (χ2v) is 6.88. The molecule has 5 nitrogen and oxygen atoms in total. The van der Waals surface area contributed by atoms with Gasteiger partial charge in [0.05, 0.1) is 30.8 Å². The molecule has 0 spiro atoms. The van der Waals surface area contributed by atoms with E-state index in [0.29, 0.717) is 19.0 Å². The fourth-order valence-electron chi connectivity index (χ4n) is 2.53. The maximum Gasteiger partial charge on any atom is 0.498 e. The maximum absolute atomic E-state index is 11.7. The first-order valence-electron chi connectivity index (χ1n) is 8.47. The zero-order valence-electron chi connectivity index (χ0n) is 15.5. The molecule has 0 atom stereocenters. The number of carbonyl (C=O) groups is 1. The molecule has 0 N–H and O–H groups in total. The molecule has 0 bridgehead atoms. The minimum atomic E-state index is -0.529. The molecule has 1 saturated heterocycles. The van der Waals surface area contributed by atoms with Crippen LogP contribution in [0.15, 0.2) is 18.2 Å². The van der Waals surface area contributed by atoms with Crippen molar-refractivity contribution < 1.29 is 23.6 Å². The van der Waals surface area contributed by atoms with Gasteiger partial charge in [-0.2, -0.15) is 0 Å². The highest BCUT2D eigenvalue weighted by molar-refractivity contribution is 6.63. The minimum Gasteiger partial charge on any atom is -0.494 e. The van der Waals surface area contributed by atoms with E-state index in [4.69, 9.17) is 18.8 Å². The number of benzene rings is 1. The smallest absolute Gasteiger partial charge is 0.494 e. The SMILES string of the molecule is CCOC(=O)Cc1ccc(OCC)c(B2OC(C)(C)C(C)(C)O2)c1. The summed E-state index contributed by atoms with van der Waals surface area (Å²) in [6, 6.07) is 5.64. The van der Waals surface area contributed by atoms with Crippen LogP contribution in [-0.2, 0) is 25.3 Å². The second kappa shape index (κ2) is 7.15. The van der Waals surface area contributed by atoms with E-state index in [1.807, 2.05) is 52.8 Å². The fraction of sp³-hybridized carbons (Fsp3) is 0.611. The van der Waals surface area contributed by atoms with E-state index < -0.39 is 18.3 Å². The van der Waals surface area contributed by atoms with Gasteiger partial charge < -0.3 is 18.8 Å². The average molecular weight is 334 g/mol. The Labute approximate surface area is 144 Å². The van der Waals surface area contributed by atoms with Gasteiger partial charge in [-0.05, 0) is 53.2 Å². The summed E-state index contributed by atoms with van der Waals surface area (Å²) in [5.74, 6) is 0.463. The summed E-state index contributed by atoms with van der Waals surface area (Å²) in [7, 11) is -0.529. The lowest BCUT2D eigenvalue weighted by molar-refractivity contribution is -0.142. The maximum atomic E-state index is 11.7. The van der Waals surface area contributed by atoms with Crippen LogP contribution in [0.3, 0.4) is 0 Å². The lowest BCUT2D eigenvalue weighted by atomic mass is 9.77. The zero-order chi connectivity index (χ0) is 18.0. The molecule has 0 aromatic heterocycles. The van der Waals surface area contributed by atoms with Crippen molar-refractivity contribution in [2.45, 2.75) is 59.2 Å². The highest BCUT2D eigenvalue weighted by atomic mass is 16.7. The number of hydrogen-bond donors (Lipinski definition) is 0. The van der Waals surface area contributed by atoms with Crippen LogP contribution in [0.25, 0.3) is 0 Å². The highest BCUT2D eigenvalue weighted by Crippen LogP contribution is 2.37. The van der Waals surface area contributed by atoms with Crippen LogP contribution in [0, 0.1) is 0 Å². The molecule has 0 aliphatic carbocycles. The molecule has 1 heterocycles. The molecule has 1 aromatic carbocycles. The summed E-state index contributed by atoms with van der Waals surface area (Å²) in [4.78, 5) is 11.7. The normalized spacial score (nSPS) is 18.5. The molecule has 0 unspecified atom stereocenters. The van der Waals surface area contributed by atoms with Crippen molar-refractivity contribution in [3.8, 4) is 5.75 Å². The van der Waals surface area contributed by atoms with Crippen molar-refractivity contribution in [3.05, 3.63) is 23.8 Å². The van der Waals surface area contributed by atoms with Crippen molar-refractivity contribution >= 4 is 18.6 Å². The van der Waals surface area contributed by atoms with E-state index in [1.54, 1.807) is 6.92 Å². The quantitative estimate of drug-likeness (QED) is 0.591. The van der Waals surface area contributed by atoms with E-state index in [1.165, 1.54) is 0 Å². The molecule has 1 aliphatic heterocycles. The van der Waals surface area contributed by atoms with Gasteiger partial charge in [0.15, 0.2) is 0 Å². The van der Waals surface area contributed by atoms with Crippen LogP contribution >= 0.6 is 0 Å². The monoisotopic (exact) mass is 334 g/mol. The van der Waals surface area contributed by atoms with Crippen LogP contribution < -0.4 is 10.2 Å². The molecule has 0 amide bonds. The van der Waals surface area contributed by atoms with Crippen molar-refractivity contribution in [1.29, 1.82) is 0 Å². The van der Waals surface area contributed by atoms with Crippen LogP contribution in [0.4, 0.5) is 0 Å². The summed E-state index contributed by atoms with van der Waals surface area (Å²) in [5, 5.41) is 0. The first-order valence-corrected chi connectivity index (χ1v) is 8.47. The lowest BCUT2D eigenvalue weighted by Gasteiger charge is -2.32. The van der Waals surface area contributed by atoms with Crippen molar-refractivity contribution in [3.63, 3.8) is 0 Å². The van der Waals surface area contributed by atoms with Crippen LogP contribution in [-0.4, -0.2) is 37.5 Å². The Morgan fingerprint density at radius 3 is 2.25 bits per heavy atom. The molecule has 24 heavy (non-hydrogen) atoms. The van der Waals surface area contributed by atoms with Gasteiger partial charge in [-0.1, -0.05) is 12.1 Å². The standard InChI is InChI=1S/C18H27BO5/c1-7-21-15-10-9-13(12-16(20)22-8-2)11-14(15)19-23-17(3,4)18(5,6)24-19/h9-11H,7-8,12H2,1-6H3. The summed E-state index contributed by atoms with van der Waals surface area (Å²) in [6.45, 7) is 12.7. The van der Waals surface area contributed by atoms with Crippen molar-refractivity contribution in [2.24, 2.45) is 0 Å². The fourth-order valence-corrected chi connectivity index (χ4v) is 2.53. The molecule has 132 valence electrons. The Bertz CT molecular complexity index is 581. The number of carbonyl (C=O) groups excluding carboxylic acids is 1. The first-order chi connectivity index (χ1) is 11.2. The molecule has 1 aromatic rings. The van der Waals surface area contributed by atoms with Gasteiger partial charge in [-0.15, -0.1) is 0 Å². The Morgan fingerprint density at radius 2 is 1.71 bits per heavy atom. The van der Waals surface area contributed by atoms with Crippen LogP contribution in [0.1, 0.15) is 47.1 Å². The van der Waals surface area contributed by atoms with Crippen LogP contribution in [0.5, 0.6) is 5.75 Å². The Morgan fingerprint density at radius 1 is 1.08 bits per heavy atom. The molecule has 0 saturated carbocycles. The van der Waals surface area contributed by atoms with Crippen molar-refractivity contribution in [1.82, 2.24) is 0 Å². The van der Waals surface area contributed by atoms with E-state index >= 15 is 0 Å². The largest absolute Gasteiger partial charge is 0.498 e. The molecular formula is C18H27BO5. The van der Waals surface area contributed by atoms with E-state index in [2.05, 4.69) is 0 Å². The topological polar surface area (TPSA) is 54.0 Å². The summed E-state index contributed by atoms with van der Waals surface area (Å²) in [6.07, 6.45) is 0.215. The van der Waals surface area contributed by atoms with E-state index in [0.717, 1.165) is 11.0 Å². The Kier molecular flexibility index (Phi) is 5.61. The Hall–Kier alpha value is -1.53. The number of esters is 1. The third-order valence-electron chi connectivity index (χ3n) is 4.54. The number of rotatable bonds is 6. The van der Waals surface area contributed by atoms with Crippen LogP contribution in [0.2, 0.25) is 0 Å². The first kappa shape index (κ1) is 18.8. The van der Waals surface area contributed by atoms with Gasteiger partial charge in [0.2, 0.25) is 0 Å². The zero-order valence-corrected chi connectivity index (χ0v) is 15.5. The van der Waals surface area contributed by atoms with Gasteiger partial charge in [-0.25, -0.2) is 0 Å². The summed E-state index contributed by atoms with van der Waals surface area (Å²) >= 11 is 0. The Balaban J connectivity index is 2.31. The molecular weight excluding hydrogens is 307 g/mol. The van der Waals surface area contributed by atoms with Gasteiger partial charge in [0.25, 0.3) is 0 Å². The predicted octanol–water partition coefficient (Wildman–Crippen LogP) is 2.49. The van der Waals surface area contributed by atoms with E-state index in [-0.39, 0.29) is 12.4 Å². The molecule has 1 fully saturated rings. The predicted molar refractivity (Wildman–Crippen MR) is 93.7 cm³/mol. The summed E-state index contributed by atoms with van der Waals surface area (Å²) < 4.78 is 23.0. The summed E-state index contributed by atoms with van der Waals surface area (Å²) in [5.41, 5.74) is 0.787. The van der Waals surface area contributed by atoms with Gasteiger partial charge >= 0.3 is 13.1 Å². The van der Waals surface area contributed by atoms with E-state index in [9.17, 15) is 4.79 Å². The molecule has 1 aliphatic rings. The molecule has 2 rings (SSSR count). The van der Waals surface area contributed by atoms with Gasteiger partial charge in [-0.3, -0.25) is 4.79 Å². The van der Waals surface area contributed by atoms with Gasteiger partial charge in [0, 0.05) is 5.46 Å². The minimum absolute atomic E-state index is 0.215. The van der Waals surface area contributed by atoms with Gasteiger partial charge in [0.1, 0.15) is 5.75 Å². The average Bonchev–Trinajstić information content (AvgIpc) is 2.69. The molecule has 6 heteroatoms. The third-order valence-corrected chi connectivity index (χ3v) is 4.54.